The molecule has 4 nitrogen and oxygen atoms in total. The molecule has 0 saturated carbocycles. The minimum Gasteiger partial charge on any atom is -0.290 e. The maximum Gasteiger partial charge on any atom is 0.234 e. The Morgan fingerprint density at radius 1 is 1.25 bits per heavy atom. The van der Waals surface area contributed by atoms with Crippen LogP contribution in [0.15, 0.2) is 47.8 Å². The standard InChI is InChI=1S/C15H15N3OS/c1-3-20(19)14-7-5-4-6-12(14)13-10-18-9-11(2)8-16-15(18)17-13/h4-10H,3H2,1-2H3. The van der Waals surface area contributed by atoms with Gasteiger partial charge in [-0.1, -0.05) is 25.1 Å². The molecule has 20 heavy (non-hydrogen) atoms. The third-order valence-electron chi connectivity index (χ3n) is 3.11. The predicted molar refractivity (Wildman–Crippen MR) is 80.1 cm³/mol. The van der Waals surface area contributed by atoms with Crippen LogP contribution in [-0.2, 0) is 10.8 Å². The first-order chi connectivity index (χ1) is 9.69. The Hall–Kier alpha value is -2.01. The second kappa shape index (κ2) is 5.17. The zero-order valence-corrected chi connectivity index (χ0v) is 12.2. The molecule has 0 N–H and O–H groups in total. The molecule has 1 aromatic carbocycles. The molecular weight excluding hydrogens is 270 g/mol. The van der Waals surface area contributed by atoms with E-state index in [4.69, 9.17) is 0 Å². The van der Waals surface area contributed by atoms with Crippen molar-refractivity contribution in [3.05, 3.63) is 48.4 Å². The molecule has 2 heterocycles. The summed E-state index contributed by atoms with van der Waals surface area (Å²) in [6.07, 6.45) is 5.71. The number of imidazole rings is 1. The lowest BCUT2D eigenvalue weighted by Crippen LogP contribution is -1.96. The lowest BCUT2D eigenvalue weighted by Gasteiger charge is -2.04. The molecule has 0 spiro atoms. The van der Waals surface area contributed by atoms with E-state index in [0.29, 0.717) is 11.5 Å². The molecule has 0 amide bonds. The highest BCUT2D eigenvalue weighted by molar-refractivity contribution is 7.85. The van der Waals surface area contributed by atoms with Crippen molar-refractivity contribution in [2.24, 2.45) is 0 Å². The number of aryl methyl sites for hydroxylation is 1. The van der Waals surface area contributed by atoms with E-state index in [2.05, 4.69) is 9.97 Å². The normalized spacial score (nSPS) is 12.7. The molecule has 0 aliphatic heterocycles. The van der Waals surface area contributed by atoms with E-state index >= 15 is 0 Å². The summed E-state index contributed by atoms with van der Waals surface area (Å²) in [7, 11) is -0.998. The number of aromatic nitrogens is 3. The highest BCUT2D eigenvalue weighted by Gasteiger charge is 2.12. The lowest BCUT2D eigenvalue weighted by molar-refractivity contribution is 0.684. The van der Waals surface area contributed by atoms with Crippen LogP contribution in [-0.4, -0.2) is 24.3 Å². The highest BCUT2D eigenvalue weighted by atomic mass is 32.2. The summed E-state index contributed by atoms with van der Waals surface area (Å²) in [5.41, 5.74) is 2.79. The van der Waals surface area contributed by atoms with Crippen molar-refractivity contribution in [3.63, 3.8) is 0 Å². The van der Waals surface area contributed by atoms with Crippen LogP contribution in [0.5, 0.6) is 0 Å². The maximum absolute atomic E-state index is 12.1. The fraction of sp³-hybridized carbons (Fsp3) is 0.200. The van der Waals surface area contributed by atoms with Gasteiger partial charge in [0.15, 0.2) is 0 Å². The zero-order valence-electron chi connectivity index (χ0n) is 11.4. The van der Waals surface area contributed by atoms with Crippen molar-refractivity contribution in [1.82, 2.24) is 14.4 Å². The van der Waals surface area contributed by atoms with Gasteiger partial charge in [-0.15, -0.1) is 0 Å². The maximum atomic E-state index is 12.1. The molecule has 3 aromatic rings. The van der Waals surface area contributed by atoms with Crippen molar-refractivity contribution in [2.45, 2.75) is 18.7 Å². The Balaban J connectivity index is 2.18. The molecule has 0 aliphatic carbocycles. The second-order valence-corrected chi connectivity index (χ2v) is 6.30. The molecular formula is C15H15N3OS. The number of nitrogens with zero attached hydrogens (tertiary/aromatic N) is 3. The molecule has 1 atom stereocenters. The molecule has 1 unspecified atom stereocenters. The van der Waals surface area contributed by atoms with E-state index in [0.717, 1.165) is 21.7 Å². The van der Waals surface area contributed by atoms with E-state index < -0.39 is 10.8 Å². The number of rotatable bonds is 3. The molecule has 0 fully saturated rings. The van der Waals surface area contributed by atoms with Gasteiger partial charge < -0.3 is 0 Å². The number of hydrogen-bond acceptors (Lipinski definition) is 3. The van der Waals surface area contributed by atoms with Gasteiger partial charge in [0.05, 0.1) is 16.5 Å². The molecule has 0 radical (unpaired) electrons. The van der Waals surface area contributed by atoms with Crippen molar-refractivity contribution in [2.75, 3.05) is 5.75 Å². The Morgan fingerprint density at radius 2 is 2.05 bits per heavy atom. The molecule has 0 aliphatic rings. The summed E-state index contributed by atoms with van der Waals surface area (Å²) in [6, 6.07) is 7.70. The number of hydrogen-bond donors (Lipinski definition) is 0. The van der Waals surface area contributed by atoms with Gasteiger partial charge in [-0.05, 0) is 18.6 Å². The highest BCUT2D eigenvalue weighted by Crippen LogP contribution is 2.25. The van der Waals surface area contributed by atoms with Crippen LogP contribution in [0.2, 0.25) is 0 Å². The first-order valence-corrected chi connectivity index (χ1v) is 7.80. The minimum atomic E-state index is -0.998. The smallest absolute Gasteiger partial charge is 0.234 e. The molecule has 0 bridgehead atoms. The summed E-state index contributed by atoms with van der Waals surface area (Å²) >= 11 is 0. The average Bonchev–Trinajstić information content (AvgIpc) is 2.89. The van der Waals surface area contributed by atoms with Gasteiger partial charge in [0.25, 0.3) is 0 Å². The van der Waals surface area contributed by atoms with Crippen LogP contribution in [0, 0.1) is 6.92 Å². The monoisotopic (exact) mass is 285 g/mol. The number of benzene rings is 1. The summed E-state index contributed by atoms with van der Waals surface area (Å²) in [6.45, 7) is 3.91. The van der Waals surface area contributed by atoms with Gasteiger partial charge in [-0.25, -0.2) is 9.97 Å². The van der Waals surface area contributed by atoms with E-state index in [1.165, 1.54) is 0 Å². The van der Waals surface area contributed by atoms with Gasteiger partial charge in [-0.2, -0.15) is 0 Å². The molecule has 102 valence electrons. The van der Waals surface area contributed by atoms with Crippen molar-refractivity contribution < 1.29 is 4.21 Å². The van der Waals surface area contributed by atoms with Crippen LogP contribution < -0.4 is 0 Å². The van der Waals surface area contributed by atoms with Crippen molar-refractivity contribution in [1.29, 1.82) is 0 Å². The fourth-order valence-electron chi connectivity index (χ4n) is 2.15. The molecule has 0 saturated heterocycles. The largest absolute Gasteiger partial charge is 0.290 e. The minimum absolute atomic E-state index is 0.599. The fourth-order valence-corrected chi connectivity index (χ4v) is 3.11. The molecule has 5 heteroatoms. The second-order valence-electron chi connectivity index (χ2n) is 4.60. The lowest BCUT2D eigenvalue weighted by atomic mass is 10.2. The topological polar surface area (TPSA) is 47.3 Å². The van der Waals surface area contributed by atoms with Gasteiger partial charge in [0.1, 0.15) is 0 Å². The summed E-state index contributed by atoms with van der Waals surface area (Å²) in [4.78, 5) is 9.65. The molecule has 3 rings (SSSR count). The Bertz CT molecular complexity index is 795. The summed E-state index contributed by atoms with van der Waals surface area (Å²) in [5.74, 6) is 1.25. The Morgan fingerprint density at radius 3 is 2.85 bits per heavy atom. The predicted octanol–water partition coefficient (Wildman–Crippen LogP) is 2.83. The van der Waals surface area contributed by atoms with Crippen LogP contribution in [0.4, 0.5) is 0 Å². The van der Waals surface area contributed by atoms with E-state index in [1.54, 1.807) is 6.20 Å². The van der Waals surface area contributed by atoms with Crippen LogP contribution in [0.25, 0.3) is 17.0 Å². The van der Waals surface area contributed by atoms with Crippen LogP contribution in [0.3, 0.4) is 0 Å². The van der Waals surface area contributed by atoms with Gasteiger partial charge in [-0.3, -0.25) is 8.61 Å². The third-order valence-corrected chi connectivity index (χ3v) is 4.48. The quantitative estimate of drug-likeness (QED) is 0.743. The summed E-state index contributed by atoms with van der Waals surface area (Å²) in [5, 5.41) is 0. The Kier molecular flexibility index (Phi) is 3.36. The van der Waals surface area contributed by atoms with Crippen LogP contribution >= 0.6 is 0 Å². The first kappa shape index (κ1) is 13.0. The van der Waals surface area contributed by atoms with Crippen LogP contribution in [0.1, 0.15) is 12.5 Å². The van der Waals surface area contributed by atoms with Crippen molar-refractivity contribution >= 4 is 16.6 Å². The average molecular weight is 285 g/mol. The van der Waals surface area contributed by atoms with Crippen molar-refractivity contribution in [3.8, 4) is 11.3 Å². The van der Waals surface area contributed by atoms with E-state index in [1.807, 2.05) is 54.9 Å². The van der Waals surface area contributed by atoms with Gasteiger partial charge in [0.2, 0.25) is 5.78 Å². The van der Waals surface area contributed by atoms with Gasteiger partial charge in [0, 0.05) is 34.8 Å². The third kappa shape index (κ3) is 2.25. The van der Waals surface area contributed by atoms with E-state index in [-0.39, 0.29) is 0 Å². The van der Waals surface area contributed by atoms with Gasteiger partial charge >= 0.3 is 0 Å². The summed E-state index contributed by atoms with van der Waals surface area (Å²) < 4.78 is 14.0. The number of fused-ring (bicyclic) bond motifs is 1. The zero-order chi connectivity index (χ0) is 14.1. The Labute approximate surface area is 120 Å². The SMILES string of the molecule is CCS(=O)c1ccccc1-c1cn2cc(C)cnc2n1. The molecule has 2 aromatic heterocycles. The first-order valence-electron chi connectivity index (χ1n) is 6.48. The van der Waals surface area contributed by atoms with E-state index in [9.17, 15) is 4.21 Å².